The highest BCUT2D eigenvalue weighted by Gasteiger charge is 2.06. The van der Waals surface area contributed by atoms with Crippen molar-refractivity contribution >= 4 is 0 Å². The molecule has 0 aromatic rings. The first kappa shape index (κ1) is 32.9. The van der Waals surface area contributed by atoms with Gasteiger partial charge in [0.25, 0.3) is 0 Å². The van der Waals surface area contributed by atoms with Crippen LogP contribution in [-0.2, 0) is 14.2 Å². The third kappa shape index (κ3) is 28.0. The first-order chi connectivity index (χ1) is 16.2. The molecule has 3 heteroatoms. The maximum absolute atomic E-state index is 5.90. The summed E-state index contributed by atoms with van der Waals surface area (Å²) < 4.78 is 17.6. The van der Waals surface area contributed by atoms with Crippen molar-refractivity contribution in [2.75, 3.05) is 26.4 Å². The number of ether oxygens (including phenoxy) is 3. The maximum Gasteiger partial charge on any atom is 0.0780 e. The number of rotatable bonds is 28. The third-order valence-corrected chi connectivity index (χ3v) is 6.51. The van der Waals surface area contributed by atoms with Gasteiger partial charge in [-0.05, 0) is 26.7 Å². The molecule has 0 aliphatic heterocycles. The lowest BCUT2D eigenvalue weighted by Gasteiger charge is -2.17. The van der Waals surface area contributed by atoms with Gasteiger partial charge in [-0.1, -0.05) is 129 Å². The van der Waals surface area contributed by atoms with E-state index in [1.807, 2.05) is 0 Å². The lowest BCUT2D eigenvalue weighted by Crippen LogP contribution is -2.22. The van der Waals surface area contributed by atoms with E-state index in [0.717, 1.165) is 13.2 Å². The van der Waals surface area contributed by atoms with E-state index in [-0.39, 0.29) is 12.2 Å². The SMILES string of the molecule is CCCCCCCCCCCCOC(C)COCC(C)OCCCCCCCCCCCC. The summed E-state index contributed by atoms with van der Waals surface area (Å²) in [5.41, 5.74) is 0. The highest BCUT2D eigenvalue weighted by molar-refractivity contribution is 4.53. The van der Waals surface area contributed by atoms with Crippen LogP contribution in [0.5, 0.6) is 0 Å². The van der Waals surface area contributed by atoms with Crippen LogP contribution in [0, 0.1) is 0 Å². The van der Waals surface area contributed by atoms with Crippen molar-refractivity contribution in [3.8, 4) is 0 Å². The molecule has 200 valence electrons. The summed E-state index contributed by atoms with van der Waals surface area (Å²) in [5, 5.41) is 0. The Labute approximate surface area is 209 Å². The Balaban J connectivity index is 3.27. The minimum Gasteiger partial charge on any atom is -0.376 e. The average molecular weight is 471 g/mol. The van der Waals surface area contributed by atoms with Crippen molar-refractivity contribution in [1.82, 2.24) is 0 Å². The van der Waals surface area contributed by atoms with Gasteiger partial charge in [0.1, 0.15) is 0 Å². The van der Waals surface area contributed by atoms with Crippen molar-refractivity contribution in [1.29, 1.82) is 0 Å². The van der Waals surface area contributed by atoms with Crippen LogP contribution in [0.1, 0.15) is 156 Å². The van der Waals surface area contributed by atoms with E-state index < -0.39 is 0 Å². The molecule has 0 saturated carbocycles. The highest BCUT2D eigenvalue weighted by Crippen LogP contribution is 2.12. The molecule has 0 amide bonds. The zero-order valence-electron chi connectivity index (χ0n) is 23.4. The quantitative estimate of drug-likeness (QED) is 0.106. The molecule has 0 aliphatic rings. The van der Waals surface area contributed by atoms with E-state index in [4.69, 9.17) is 14.2 Å². The Bertz CT molecular complexity index is 315. The summed E-state index contributed by atoms with van der Waals surface area (Å²) in [6.07, 6.45) is 27.7. The van der Waals surface area contributed by atoms with Crippen molar-refractivity contribution in [3.05, 3.63) is 0 Å². The van der Waals surface area contributed by atoms with Gasteiger partial charge in [0.2, 0.25) is 0 Å². The third-order valence-electron chi connectivity index (χ3n) is 6.51. The molecule has 0 fully saturated rings. The molecule has 0 aliphatic carbocycles. The summed E-state index contributed by atoms with van der Waals surface area (Å²) in [7, 11) is 0. The van der Waals surface area contributed by atoms with E-state index in [1.54, 1.807) is 0 Å². The van der Waals surface area contributed by atoms with Crippen LogP contribution in [0.25, 0.3) is 0 Å². The monoisotopic (exact) mass is 470 g/mol. The topological polar surface area (TPSA) is 27.7 Å². The Morgan fingerprint density at radius 1 is 0.394 bits per heavy atom. The Kier molecular flexibility index (Phi) is 28.0. The van der Waals surface area contributed by atoms with Gasteiger partial charge in [-0.2, -0.15) is 0 Å². The molecule has 0 spiro atoms. The van der Waals surface area contributed by atoms with Gasteiger partial charge in [0.05, 0.1) is 25.4 Å². The van der Waals surface area contributed by atoms with E-state index in [0.29, 0.717) is 13.2 Å². The fourth-order valence-electron chi connectivity index (χ4n) is 4.24. The van der Waals surface area contributed by atoms with Gasteiger partial charge in [-0.25, -0.2) is 0 Å². The van der Waals surface area contributed by atoms with Gasteiger partial charge < -0.3 is 14.2 Å². The maximum atomic E-state index is 5.90. The van der Waals surface area contributed by atoms with Crippen LogP contribution in [0.4, 0.5) is 0 Å². The normalized spacial score (nSPS) is 13.5. The van der Waals surface area contributed by atoms with Crippen LogP contribution in [0.15, 0.2) is 0 Å². The number of hydrogen-bond acceptors (Lipinski definition) is 3. The van der Waals surface area contributed by atoms with E-state index in [1.165, 1.54) is 128 Å². The van der Waals surface area contributed by atoms with Crippen molar-refractivity contribution in [3.63, 3.8) is 0 Å². The van der Waals surface area contributed by atoms with Crippen LogP contribution in [0.2, 0.25) is 0 Å². The largest absolute Gasteiger partial charge is 0.376 e. The average Bonchev–Trinajstić information content (AvgIpc) is 2.81. The summed E-state index contributed by atoms with van der Waals surface area (Å²) >= 11 is 0. The Morgan fingerprint density at radius 3 is 0.970 bits per heavy atom. The molecular formula is C30H62O3. The second-order valence-electron chi connectivity index (χ2n) is 10.3. The molecule has 33 heavy (non-hydrogen) atoms. The van der Waals surface area contributed by atoms with Gasteiger partial charge in [0, 0.05) is 13.2 Å². The molecule has 2 unspecified atom stereocenters. The summed E-state index contributed by atoms with van der Waals surface area (Å²) in [5.74, 6) is 0. The lowest BCUT2D eigenvalue weighted by atomic mass is 10.1. The molecular weight excluding hydrogens is 408 g/mol. The molecule has 0 saturated heterocycles. The van der Waals surface area contributed by atoms with E-state index >= 15 is 0 Å². The fraction of sp³-hybridized carbons (Fsp3) is 1.00. The standard InChI is InChI=1S/C30H62O3/c1-5-7-9-11-13-15-17-19-21-23-25-32-29(3)27-31-28-30(4)33-26-24-22-20-18-16-14-12-10-8-6-2/h29-30H,5-28H2,1-4H3. The molecule has 3 nitrogen and oxygen atoms in total. The zero-order chi connectivity index (χ0) is 24.2. The molecule has 0 aromatic heterocycles. The minimum absolute atomic E-state index is 0.178. The summed E-state index contributed by atoms with van der Waals surface area (Å²) in [6.45, 7) is 11.9. The van der Waals surface area contributed by atoms with E-state index in [9.17, 15) is 0 Å². The Hall–Kier alpha value is -0.120. The van der Waals surface area contributed by atoms with E-state index in [2.05, 4.69) is 27.7 Å². The zero-order valence-corrected chi connectivity index (χ0v) is 23.4. The second kappa shape index (κ2) is 28.1. The van der Waals surface area contributed by atoms with Crippen LogP contribution >= 0.6 is 0 Å². The fourth-order valence-corrected chi connectivity index (χ4v) is 4.24. The molecule has 0 radical (unpaired) electrons. The smallest absolute Gasteiger partial charge is 0.0780 e. The van der Waals surface area contributed by atoms with Gasteiger partial charge >= 0.3 is 0 Å². The van der Waals surface area contributed by atoms with Crippen LogP contribution in [-0.4, -0.2) is 38.6 Å². The predicted octanol–water partition coefficient (Wildman–Crippen LogP) is 9.66. The first-order valence-corrected chi connectivity index (χ1v) is 15.0. The van der Waals surface area contributed by atoms with Crippen molar-refractivity contribution in [2.45, 2.75) is 168 Å². The van der Waals surface area contributed by atoms with Crippen molar-refractivity contribution < 1.29 is 14.2 Å². The van der Waals surface area contributed by atoms with Gasteiger partial charge in [-0.3, -0.25) is 0 Å². The van der Waals surface area contributed by atoms with Crippen molar-refractivity contribution in [2.24, 2.45) is 0 Å². The van der Waals surface area contributed by atoms with Gasteiger partial charge in [-0.15, -0.1) is 0 Å². The molecule has 0 aromatic carbocycles. The molecule has 0 rings (SSSR count). The summed E-state index contributed by atoms with van der Waals surface area (Å²) in [6, 6.07) is 0. The lowest BCUT2D eigenvalue weighted by molar-refractivity contribution is -0.0478. The van der Waals surface area contributed by atoms with Crippen LogP contribution in [0.3, 0.4) is 0 Å². The summed E-state index contributed by atoms with van der Waals surface area (Å²) in [4.78, 5) is 0. The number of unbranched alkanes of at least 4 members (excludes halogenated alkanes) is 18. The molecule has 0 N–H and O–H groups in total. The first-order valence-electron chi connectivity index (χ1n) is 15.0. The predicted molar refractivity (Wildman–Crippen MR) is 145 cm³/mol. The number of hydrogen-bond donors (Lipinski definition) is 0. The van der Waals surface area contributed by atoms with Gasteiger partial charge in [0.15, 0.2) is 0 Å². The Morgan fingerprint density at radius 2 is 0.667 bits per heavy atom. The highest BCUT2D eigenvalue weighted by atomic mass is 16.6. The minimum atomic E-state index is 0.178. The van der Waals surface area contributed by atoms with Crippen LogP contribution < -0.4 is 0 Å². The second-order valence-corrected chi connectivity index (χ2v) is 10.3. The molecule has 0 bridgehead atoms. The molecule has 2 atom stereocenters. The molecule has 0 heterocycles.